The summed E-state index contributed by atoms with van der Waals surface area (Å²) in [5.41, 5.74) is 5.00. The van der Waals surface area contributed by atoms with Crippen LogP contribution in [0.2, 0.25) is 0 Å². The van der Waals surface area contributed by atoms with E-state index in [0.717, 1.165) is 16.8 Å². The number of aryl methyl sites for hydroxylation is 2. The van der Waals surface area contributed by atoms with Crippen LogP contribution in [0.5, 0.6) is 0 Å². The first-order valence-electron chi connectivity index (χ1n) is 9.44. The van der Waals surface area contributed by atoms with E-state index in [9.17, 15) is 9.59 Å². The maximum absolute atomic E-state index is 13.2. The van der Waals surface area contributed by atoms with Crippen LogP contribution in [0.1, 0.15) is 22.4 Å². The van der Waals surface area contributed by atoms with Crippen LogP contribution >= 0.6 is 0 Å². The molecule has 3 aromatic rings. The maximum Gasteiger partial charge on any atom is 0.278 e. The molecule has 0 spiro atoms. The van der Waals surface area contributed by atoms with Gasteiger partial charge in [0, 0.05) is 11.9 Å². The molecule has 1 aliphatic heterocycles. The van der Waals surface area contributed by atoms with Crippen molar-refractivity contribution in [3.63, 3.8) is 0 Å². The predicted molar refractivity (Wildman–Crippen MR) is 113 cm³/mol. The summed E-state index contributed by atoms with van der Waals surface area (Å²) in [6.45, 7) is 4.13. The summed E-state index contributed by atoms with van der Waals surface area (Å²) in [6, 6.07) is 20.7. The first-order valence-corrected chi connectivity index (χ1v) is 9.44. The van der Waals surface area contributed by atoms with Crippen molar-refractivity contribution in [2.24, 2.45) is 0 Å². The quantitative estimate of drug-likeness (QED) is 0.674. The molecular formula is C24H21N3O2. The number of amides is 2. The summed E-state index contributed by atoms with van der Waals surface area (Å²) in [4.78, 5) is 32.0. The van der Waals surface area contributed by atoms with E-state index in [1.54, 1.807) is 18.3 Å². The van der Waals surface area contributed by atoms with Crippen molar-refractivity contribution in [1.82, 2.24) is 9.88 Å². The Morgan fingerprint density at radius 1 is 0.897 bits per heavy atom. The van der Waals surface area contributed by atoms with Crippen LogP contribution in [-0.2, 0) is 16.1 Å². The third-order valence-corrected chi connectivity index (χ3v) is 4.92. The Morgan fingerprint density at radius 2 is 1.66 bits per heavy atom. The van der Waals surface area contributed by atoms with Crippen LogP contribution in [-0.4, -0.2) is 21.7 Å². The molecule has 0 radical (unpaired) electrons. The lowest BCUT2D eigenvalue weighted by Crippen LogP contribution is -2.32. The van der Waals surface area contributed by atoms with Gasteiger partial charge in [0.15, 0.2) is 0 Å². The number of carbonyl (C=O) groups is 2. The van der Waals surface area contributed by atoms with Gasteiger partial charge < -0.3 is 5.32 Å². The third-order valence-electron chi connectivity index (χ3n) is 4.92. The topological polar surface area (TPSA) is 62.3 Å². The molecule has 1 aliphatic rings. The van der Waals surface area contributed by atoms with Crippen molar-refractivity contribution in [3.05, 3.63) is 101 Å². The Morgan fingerprint density at radius 3 is 2.34 bits per heavy atom. The Labute approximate surface area is 169 Å². The second-order valence-electron chi connectivity index (χ2n) is 7.08. The van der Waals surface area contributed by atoms with Crippen molar-refractivity contribution >= 4 is 23.1 Å². The summed E-state index contributed by atoms with van der Waals surface area (Å²) in [5.74, 6) is -0.668. The van der Waals surface area contributed by atoms with E-state index in [1.807, 2.05) is 68.4 Å². The summed E-state index contributed by atoms with van der Waals surface area (Å²) in [5, 5.41) is 3.23. The second kappa shape index (κ2) is 7.72. The fourth-order valence-corrected chi connectivity index (χ4v) is 3.45. The molecule has 1 N–H and O–H groups in total. The largest absolute Gasteiger partial charge is 0.350 e. The fourth-order valence-electron chi connectivity index (χ4n) is 3.45. The Bertz CT molecular complexity index is 1110. The number of rotatable bonds is 5. The summed E-state index contributed by atoms with van der Waals surface area (Å²) < 4.78 is 0. The normalized spacial score (nSPS) is 13.9. The molecule has 2 amide bonds. The highest BCUT2D eigenvalue weighted by Gasteiger charge is 2.39. The molecule has 2 heterocycles. The molecule has 0 unspecified atom stereocenters. The van der Waals surface area contributed by atoms with E-state index in [0.29, 0.717) is 22.5 Å². The number of pyridine rings is 1. The van der Waals surface area contributed by atoms with Gasteiger partial charge in [-0.15, -0.1) is 0 Å². The Balaban J connectivity index is 1.75. The van der Waals surface area contributed by atoms with Crippen molar-refractivity contribution in [2.45, 2.75) is 20.4 Å². The van der Waals surface area contributed by atoms with E-state index in [2.05, 4.69) is 10.3 Å². The highest BCUT2D eigenvalue weighted by Crippen LogP contribution is 2.32. The number of imide groups is 1. The first kappa shape index (κ1) is 18.6. The number of hydrogen-bond donors (Lipinski definition) is 1. The minimum Gasteiger partial charge on any atom is -0.350 e. The zero-order valence-electron chi connectivity index (χ0n) is 16.3. The number of nitrogens with one attached hydrogen (secondary N) is 1. The monoisotopic (exact) mass is 383 g/mol. The Kier molecular flexibility index (Phi) is 4.96. The first-order chi connectivity index (χ1) is 14.0. The van der Waals surface area contributed by atoms with Gasteiger partial charge in [0.25, 0.3) is 11.8 Å². The van der Waals surface area contributed by atoms with Crippen molar-refractivity contribution < 1.29 is 9.59 Å². The highest BCUT2D eigenvalue weighted by molar-refractivity contribution is 6.36. The number of benzene rings is 2. The molecule has 0 atom stereocenters. The lowest BCUT2D eigenvalue weighted by Gasteiger charge is -2.15. The fraction of sp³-hybridized carbons (Fsp3) is 0.125. The minimum absolute atomic E-state index is 0.132. The summed E-state index contributed by atoms with van der Waals surface area (Å²) >= 11 is 0. The van der Waals surface area contributed by atoms with Gasteiger partial charge in [-0.1, -0.05) is 54.1 Å². The number of carbonyl (C=O) groups excluding carboxylic acids is 2. The van der Waals surface area contributed by atoms with Gasteiger partial charge in [-0.25, -0.2) is 0 Å². The second-order valence-corrected chi connectivity index (χ2v) is 7.08. The van der Waals surface area contributed by atoms with Gasteiger partial charge in [0.1, 0.15) is 5.70 Å². The van der Waals surface area contributed by atoms with Crippen LogP contribution in [0.4, 0.5) is 5.69 Å². The van der Waals surface area contributed by atoms with Gasteiger partial charge in [-0.05, 0) is 43.2 Å². The van der Waals surface area contributed by atoms with E-state index in [1.165, 1.54) is 4.90 Å². The molecule has 144 valence electrons. The molecule has 5 heteroatoms. The molecule has 4 rings (SSSR count). The molecule has 0 bridgehead atoms. The van der Waals surface area contributed by atoms with Crippen LogP contribution in [0.3, 0.4) is 0 Å². The average molecular weight is 383 g/mol. The van der Waals surface area contributed by atoms with Crippen molar-refractivity contribution in [1.29, 1.82) is 0 Å². The highest BCUT2D eigenvalue weighted by atomic mass is 16.2. The standard InChI is InChI=1S/C24H21N3O2/c1-16-11-12-20(17(2)14-16)26-22-21(18-8-4-3-5-9-18)23(28)27(24(22)29)15-19-10-6-7-13-25-19/h3-14,26H,15H2,1-2H3. The molecular weight excluding hydrogens is 362 g/mol. The van der Waals surface area contributed by atoms with E-state index >= 15 is 0 Å². The van der Waals surface area contributed by atoms with Gasteiger partial charge in [-0.3, -0.25) is 19.5 Å². The van der Waals surface area contributed by atoms with Crippen LogP contribution in [0.15, 0.2) is 78.6 Å². The van der Waals surface area contributed by atoms with E-state index in [-0.39, 0.29) is 18.4 Å². The van der Waals surface area contributed by atoms with Crippen LogP contribution in [0, 0.1) is 13.8 Å². The van der Waals surface area contributed by atoms with Crippen molar-refractivity contribution in [3.8, 4) is 0 Å². The maximum atomic E-state index is 13.2. The average Bonchev–Trinajstić information content (AvgIpc) is 2.96. The molecule has 5 nitrogen and oxygen atoms in total. The van der Waals surface area contributed by atoms with Crippen molar-refractivity contribution in [2.75, 3.05) is 5.32 Å². The predicted octanol–water partition coefficient (Wildman–Crippen LogP) is 4.09. The molecule has 0 fully saturated rings. The zero-order chi connectivity index (χ0) is 20.4. The van der Waals surface area contributed by atoms with Gasteiger partial charge in [-0.2, -0.15) is 0 Å². The molecule has 0 saturated carbocycles. The van der Waals surface area contributed by atoms with Crippen LogP contribution in [0.25, 0.3) is 5.57 Å². The number of hydrogen-bond acceptors (Lipinski definition) is 4. The Hall–Kier alpha value is -3.73. The third kappa shape index (κ3) is 3.67. The molecule has 2 aromatic carbocycles. The molecule has 0 aliphatic carbocycles. The zero-order valence-corrected chi connectivity index (χ0v) is 16.3. The SMILES string of the molecule is Cc1ccc(NC2=C(c3ccccc3)C(=O)N(Cc3ccccn3)C2=O)c(C)c1. The summed E-state index contributed by atoms with van der Waals surface area (Å²) in [6.07, 6.45) is 1.65. The van der Waals surface area contributed by atoms with Gasteiger partial charge >= 0.3 is 0 Å². The smallest absolute Gasteiger partial charge is 0.278 e. The van der Waals surface area contributed by atoms with Gasteiger partial charge in [0.05, 0.1) is 17.8 Å². The summed E-state index contributed by atoms with van der Waals surface area (Å²) in [7, 11) is 0. The lowest BCUT2D eigenvalue weighted by molar-refractivity contribution is -0.137. The minimum atomic E-state index is -0.348. The molecule has 1 aromatic heterocycles. The lowest BCUT2D eigenvalue weighted by atomic mass is 10.0. The van der Waals surface area contributed by atoms with Gasteiger partial charge in [0.2, 0.25) is 0 Å². The molecule has 29 heavy (non-hydrogen) atoms. The number of nitrogens with zero attached hydrogens (tertiary/aromatic N) is 2. The van der Waals surface area contributed by atoms with E-state index < -0.39 is 0 Å². The van der Waals surface area contributed by atoms with E-state index in [4.69, 9.17) is 0 Å². The number of anilines is 1. The van der Waals surface area contributed by atoms with Crippen LogP contribution < -0.4 is 5.32 Å². The molecule has 0 saturated heterocycles. The number of aromatic nitrogens is 1.